The van der Waals surface area contributed by atoms with Crippen molar-refractivity contribution in [3.8, 4) is 11.5 Å². The number of rotatable bonds is 5. The Morgan fingerprint density at radius 1 is 1.07 bits per heavy atom. The molecule has 0 saturated carbocycles. The Bertz CT molecular complexity index is 903. The minimum absolute atomic E-state index is 0.0383. The van der Waals surface area contributed by atoms with Gasteiger partial charge in [0.2, 0.25) is 5.91 Å². The molecule has 5 heteroatoms. The topological polar surface area (TPSA) is 48.0 Å². The molecule has 0 bridgehead atoms. The van der Waals surface area contributed by atoms with Gasteiger partial charge in [-0.05, 0) is 53.7 Å². The molecule has 2 aliphatic rings. The fourth-order valence-electron chi connectivity index (χ4n) is 4.55. The van der Waals surface area contributed by atoms with Crippen molar-refractivity contribution in [1.82, 2.24) is 4.90 Å². The Morgan fingerprint density at radius 3 is 2.47 bits per heavy atom. The predicted molar refractivity (Wildman–Crippen MR) is 117 cm³/mol. The molecule has 2 heterocycles. The molecular weight excluding hydrogens is 378 g/mol. The van der Waals surface area contributed by atoms with Crippen LogP contribution in [0.2, 0.25) is 0 Å². The molecule has 0 aliphatic carbocycles. The lowest BCUT2D eigenvalue weighted by molar-refractivity contribution is -0.127. The molecular formula is C25H29NO4. The first-order valence-corrected chi connectivity index (χ1v) is 10.5. The third-order valence-electron chi connectivity index (χ3n) is 6.19. The SMILES string of the molecule is COc1cc2c(cc1OC)C(C1CCOCC1)CN(C(=O)C=Cc1ccccc1)C2. The van der Waals surface area contributed by atoms with Crippen LogP contribution in [0.4, 0.5) is 0 Å². The zero-order valence-corrected chi connectivity index (χ0v) is 17.7. The molecule has 4 rings (SSSR count). The third kappa shape index (κ3) is 4.36. The minimum atomic E-state index is 0.0383. The van der Waals surface area contributed by atoms with Crippen LogP contribution < -0.4 is 9.47 Å². The lowest BCUT2D eigenvalue weighted by Gasteiger charge is -2.40. The molecule has 1 amide bonds. The highest BCUT2D eigenvalue weighted by atomic mass is 16.5. The Morgan fingerprint density at radius 2 is 1.77 bits per heavy atom. The molecule has 2 aromatic rings. The molecule has 5 nitrogen and oxygen atoms in total. The van der Waals surface area contributed by atoms with E-state index in [2.05, 4.69) is 6.07 Å². The summed E-state index contributed by atoms with van der Waals surface area (Å²) < 4.78 is 16.7. The number of benzene rings is 2. The van der Waals surface area contributed by atoms with E-state index in [-0.39, 0.29) is 11.8 Å². The summed E-state index contributed by atoms with van der Waals surface area (Å²) >= 11 is 0. The van der Waals surface area contributed by atoms with Crippen LogP contribution in [0.5, 0.6) is 11.5 Å². The van der Waals surface area contributed by atoms with Crippen molar-refractivity contribution in [3.05, 3.63) is 65.2 Å². The summed E-state index contributed by atoms with van der Waals surface area (Å²) in [6, 6.07) is 14.1. The predicted octanol–water partition coefficient (Wildman–Crippen LogP) is 4.27. The maximum atomic E-state index is 13.0. The molecule has 1 fully saturated rings. The van der Waals surface area contributed by atoms with Gasteiger partial charge in [0.05, 0.1) is 14.2 Å². The van der Waals surface area contributed by atoms with Gasteiger partial charge in [-0.15, -0.1) is 0 Å². The molecule has 2 aromatic carbocycles. The number of carbonyl (C=O) groups excluding carboxylic acids is 1. The zero-order chi connectivity index (χ0) is 20.9. The van der Waals surface area contributed by atoms with Crippen LogP contribution in [-0.2, 0) is 16.1 Å². The van der Waals surface area contributed by atoms with E-state index < -0.39 is 0 Å². The van der Waals surface area contributed by atoms with Crippen molar-refractivity contribution in [3.63, 3.8) is 0 Å². The fourth-order valence-corrected chi connectivity index (χ4v) is 4.55. The van der Waals surface area contributed by atoms with Gasteiger partial charge in [0.1, 0.15) is 0 Å². The fraction of sp³-hybridized carbons (Fsp3) is 0.400. The lowest BCUT2D eigenvalue weighted by Crippen LogP contribution is -2.40. The summed E-state index contributed by atoms with van der Waals surface area (Å²) in [7, 11) is 3.31. The minimum Gasteiger partial charge on any atom is -0.493 e. The second-order valence-electron chi connectivity index (χ2n) is 7.93. The van der Waals surface area contributed by atoms with E-state index in [4.69, 9.17) is 14.2 Å². The van der Waals surface area contributed by atoms with Crippen LogP contribution in [-0.4, -0.2) is 44.8 Å². The van der Waals surface area contributed by atoms with Crippen molar-refractivity contribution in [2.24, 2.45) is 5.92 Å². The van der Waals surface area contributed by atoms with Gasteiger partial charge in [-0.25, -0.2) is 0 Å². The molecule has 0 aromatic heterocycles. The van der Waals surface area contributed by atoms with Crippen molar-refractivity contribution >= 4 is 12.0 Å². The van der Waals surface area contributed by atoms with Gasteiger partial charge >= 0.3 is 0 Å². The van der Waals surface area contributed by atoms with Crippen LogP contribution in [0.3, 0.4) is 0 Å². The summed E-state index contributed by atoms with van der Waals surface area (Å²) in [6.45, 7) is 2.86. The third-order valence-corrected chi connectivity index (χ3v) is 6.19. The van der Waals surface area contributed by atoms with Gasteiger partial charge in [-0.3, -0.25) is 4.79 Å². The summed E-state index contributed by atoms with van der Waals surface area (Å²) in [5.41, 5.74) is 3.43. The number of amides is 1. The second-order valence-corrected chi connectivity index (χ2v) is 7.93. The Hall–Kier alpha value is -2.79. The molecule has 30 heavy (non-hydrogen) atoms. The summed E-state index contributed by atoms with van der Waals surface area (Å²) in [5, 5.41) is 0. The van der Waals surface area contributed by atoms with E-state index in [0.717, 1.165) is 42.9 Å². The van der Waals surface area contributed by atoms with Gasteiger partial charge in [0.15, 0.2) is 11.5 Å². The number of nitrogens with zero attached hydrogens (tertiary/aromatic N) is 1. The summed E-state index contributed by atoms with van der Waals surface area (Å²) in [5.74, 6) is 2.25. The highest BCUT2D eigenvalue weighted by Crippen LogP contribution is 2.42. The number of fused-ring (bicyclic) bond motifs is 1. The molecule has 2 aliphatic heterocycles. The smallest absolute Gasteiger partial charge is 0.246 e. The Kier molecular flexibility index (Phi) is 6.38. The molecule has 1 unspecified atom stereocenters. The Balaban J connectivity index is 1.63. The second kappa shape index (κ2) is 9.35. The highest BCUT2D eigenvalue weighted by Gasteiger charge is 2.34. The van der Waals surface area contributed by atoms with Crippen LogP contribution in [0, 0.1) is 5.92 Å². The van der Waals surface area contributed by atoms with Crippen LogP contribution >= 0.6 is 0 Å². The first kappa shape index (κ1) is 20.5. The molecule has 0 radical (unpaired) electrons. The lowest BCUT2D eigenvalue weighted by atomic mass is 9.77. The maximum absolute atomic E-state index is 13.0. The Labute approximate surface area is 178 Å². The number of hydrogen-bond acceptors (Lipinski definition) is 4. The van der Waals surface area contributed by atoms with Crippen molar-refractivity contribution in [2.45, 2.75) is 25.3 Å². The van der Waals surface area contributed by atoms with Crippen LogP contribution in [0.25, 0.3) is 6.08 Å². The van der Waals surface area contributed by atoms with E-state index in [1.807, 2.05) is 47.4 Å². The zero-order valence-electron chi connectivity index (χ0n) is 17.7. The standard InChI is InChI=1S/C25H29NO4/c1-28-23-14-20-16-26(25(27)9-8-18-6-4-3-5-7-18)17-22(19-10-12-30-13-11-19)21(20)15-24(23)29-2/h3-9,14-15,19,22H,10-13,16-17H2,1-2H3. The van der Waals surface area contributed by atoms with Crippen molar-refractivity contribution < 1.29 is 19.0 Å². The van der Waals surface area contributed by atoms with E-state index >= 15 is 0 Å². The first-order valence-electron chi connectivity index (χ1n) is 10.5. The molecule has 158 valence electrons. The van der Waals surface area contributed by atoms with Gasteiger partial charge < -0.3 is 19.1 Å². The quantitative estimate of drug-likeness (QED) is 0.695. The maximum Gasteiger partial charge on any atom is 0.246 e. The molecule has 0 spiro atoms. The molecule has 0 N–H and O–H groups in total. The summed E-state index contributed by atoms with van der Waals surface area (Å²) in [4.78, 5) is 15.0. The average Bonchev–Trinajstić information content (AvgIpc) is 2.82. The van der Waals surface area contributed by atoms with Gasteiger partial charge in [-0.1, -0.05) is 30.3 Å². The summed E-state index contributed by atoms with van der Waals surface area (Å²) in [6.07, 6.45) is 5.60. The van der Waals surface area contributed by atoms with Crippen LogP contribution in [0.1, 0.15) is 35.4 Å². The normalized spacial score (nSPS) is 19.5. The van der Waals surface area contributed by atoms with Gasteiger partial charge in [0, 0.05) is 38.3 Å². The largest absolute Gasteiger partial charge is 0.493 e. The molecule has 1 atom stereocenters. The van der Waals surface area contributed by atoms with E-state index in [0.29, 0.717) is 24.8 Å². The van der Waals surface area contributed by atoms with E-state index in [9.17, 15) is 4.79 Å². The number of methoxy groups -OCH3 is 2. The highest BCUT2D eigenvalue weighted by molar-refractivity contribution is 5.92. The van der Waals surface area contributed by atoms with Gasteiger partial charge in [0.25, 0.3) is 0 Å². The first-order chi connectivity index (χ1) is 14.7. The average molecular weight is 408 g/mol. The van der Waals surface area contributed by atoms with E-state index in [1.165, 1.54) is 5.56 Å². The monoisotopic (exact) mass is 407 g/mol. The van der Waals surface area contributed by atoms with Crippen molar-refractivity contribution in [2.75, 3.05) is 34.0 Å². The van der Waals surface area contributed by atoms with Gasteiger partial charge in [-0.2, -0.15) is 0 Å². The number of ether oxygens (including phenoxy) is 3. The number of hydrogen-bond donors (Lipinski definition) is 0. The van der Waals surface area contributed by atoms with Crippen LogP contribution in [0.15, 0.2) is 48.5 Å². The number of carbonyl (C=O) groups is 1. The van der Waals surface area contributed by atoms with E-state index in [1.54, 1.807) is 20.3 Å². The molecule has 1 saturated heterocycles. The van der Waals surface area contributed by atoms with Crippen molar-refractivity contribution in [1.29, 1.82) is 0 Å².